The fraction of sp³-hybridized carbons (Fsp3) is 1.00. The second kappa shape index (κ2) is 3.64. The summed E-state index contributed by atoms with van der Waals surface area (Å²) in [6, 6.07) is 0. The van der Waals surface area contributed by atoms with Crippen molar-refractivity contribution in [3.05, 3.63) is 0 Å². The Morgan fingerprint density at radius 3 is 1.75 bits per heavy atom. The zero-order valence-corrected chi connectivity index (χ0v) is 7.10. The van der Waals surface area contributed by atoms with Crippen molar-refractivity contribution in [2.75, 3.05) is 12.5 Å². The molecule has 0 saturated carbocycles. The minimum absolute atomic E-state index is 0.542. The first-order chi connectivity index (χ1) is 3.68. The fourth-order valence-electron chi connectivity index (χ4n) is 0.372. The highest BCUT2D eigenvalue weighted by Crippen LogP contribution is 2.33. The topological polar surface area (TPSA) is 20.2 Å². The smallest absolute Gasteiger partial charge is 0.156 e. The van der Waals surface area contributed by atoms with Gasteiger partial charge in [0.1, 0.15) is 0 Å². The van der Waals surface area contributed by atoms with E-state index in [1.54, 1.807) is 0 Å². The third-order valence-corrected chi connectivity index (χ3v) is 3.94. The third kappa shape index (κ3) is 2.29. The highest BCUT2D eigenvalue weighted by Gasteiger charge is 2.20. The van der Waals surface area contributed by atoms with Crippen molar-refractivity contribution in [2.45, 2.75) is 17.6 Å². The summed E-state index contributed by atoms with van der Waals surface area (Å²) >= 11 is 2.98. The first kappa shape index (κ1) is 8.66. The summed E-state index contributed by atoms with van der Waals surface area (Å²) in [5.74, 6) is 0. The van der Waals surface area contributed by atoms with E-state index in [0.29, 0.717) is 0 Å². The van der Waals surface area contributed by atoms with Gasteiger partial charge in [-0.05, 0) is 18.9 Å². The highest BCUT2D eigenvalue weighted by molar-refractivity contribution is 8.17. The summed E-state index contributed by atoms with van der Waals surface area (Å²) in [6.07, 6.45) is 4.63. The molecule has 0 radical (unpaired) electrons. The number of hydrogen-bond donors (Lipinski definition) is 1. The molecular weight excluding hydrogens is 140 g/mol. The van der Waals surface area contributed by atoms with E-state index in [1.807, 2.05) is 19.4 Å². The minimum atomic E-state index is -0.542. The molecule has 0 amide bonds. The number of aliphatic hydroxyl groups is 1. The molecule has 0 unspecified atom stereocenters. The van der Waals surface area contributed by atoms with Crippen molar-refractivity contribution in [1.82, 2.24) is 0 Å². The summed E-state index contributed by atoms with van der Waals surface area (Å²) in [6.45, 7) is 1.98. The number of hydrogen-bond acceptors (Lipinski definition) is 3. The van der Waals surface area contributed by atoms with Crippen LogP contribution in [-0.2, 0) is 0 Å². The van der Waals surface area contributed by atoms with E-state index in [-0.39, 0.29) is 0 Å². The van der Waals surface area contributed by atoms with Crippen LogP contribution >= 0.6 is 23.5 Å². The fourth-order valence-corrected chi connectivity index (χ4v) is 1.62. The van der Waals surface area contributed by atoms with Crippen LogP contribution in [0.4, 0.5) is 0 Å². The Kier molecular flexibility index (Phi) is 3.94. The van der Waals surface area contributed by atoms with Crippen LogP contribution in [-0.4, -0.2) is 21.9 Å². The van der Waals surface area contributed by atoms with Gasteiger partial charge in [0.05, 0.1) is 0 Å². The van der Waals surface area contributed by atoms with Gasteiger partial charge in [-0.3, -0.25) is 0 Å². The Balaban J connectivity index is 3.58. The first-order valence-electron chi connectivity index (χ1n) is 2.51. The molecule has 1 nitrogen and oxygen atoms in total. The summed E-state index contributed by atoms with van der Waals surface area (Å²) in [4.78, 5) is 0. The molecule has 50 valence electrons. The average molecular weight is 152 g/mol. The molecule has 0 aliphatic rings. The third-order valence-electron chi connectivity index (χ3n) is 1.08. The molecule has 0 bridgehead atoms. The van der Waals surface area contributed by atoms with Crippen LogP contribution in [0.1, 0.15) is 13.3 Å². The molecule has 0 saturated heterocycles. The molecule has 0 aliphatic heterocycles. The van der Waals surface area contributed by atoms with Gasteiger partial charge in [0.2, 0.25) is 0 Å². The molecule has 3 heteroatoms. The minimum Gasteiger partial charge on any atom is -0.370 e. The Morgan fingerprint density at radius 2 is 1.75 bits per heavy atom. The van der Waals surface area contributed by atoms with Gasteiger partial charge in [-0.15, -0.1) is 23.5 Å². The van der Waals surface area contributed by atoms with Crippen molar-refractivity contribution in [3.63, 3.8) is 0 Å². The maximum absolute atomic E-state index is 9.36. The van der Waals surface area contributed by atoms with Crippen LogP contribution in [0, 0.1) is 0 Å². The second-order valence-electron chi connectivity index (χ2n) is 1.47. The normalized spacial score (nSPS) is 12.0. The molecule has 0 heterocycles. The van der Waals surface area contributed by atoms with Crippen LogP contribution in [0.25, 0.3) is 0 Å². The van der Waals surface area contributed by atoms with Crippen LogP contribution in [0.15, 0.2) is 0 Å². The summed E-state index contributed by atoms with van der Waals surface area (Å²) < 4.78 is -0.542. The standard InChI is InChI=1S/C5H12OS2/c1-4-5(6,7-2)8-3/h6H,4H2,1-3H3. The van der Waals surface area contributed by atoms with Crippen molar-refractivity contribution >= 4 is 23.5 Å². The molecule has 0 aromatic heterocycles. The molecule has 0 aromatic rings. The monoisotopic (exact) mass is 152 g/mol. The Hall–Kier alpha value is 0.660. The molecule has 0 aromatic carbocycles. The van der Waals surface area contributed by atoms with Crippen LogP contribution in [0.5, 0.6) is 0 Å². The SMILES string of the molecule is CCC(O)(SC)SC. The lowest BCUT2D eigenvalue weighted by Gasteiger charge is -2.20. The summed E-state index contributed by atoms with van der Waals surface area (Å²) in [5.41, 5.74) is 0. The molecule has 0 fully saturated rings. The van der Waals surface area contributed by atoms with Crippen LogP contribution in [0.3, 0.4) is 0 Å². The largest absolute Gasteiger partial charge is 0.370 e. The van der Waals surface area contributed by atoms with Gasteiger partial charge < -0.3 is 5.11 Å². The van der Waals surface area contributed by atoms with E-state index >= 15 is 0 Å². The van der Waals surface area contributed by atoms with E-state index in [9.17, 15) is 5.11 Å². The predicted molar refractivity (Wildman–Crippen MR) is 42.3 cm³/mol. The van der Waals surface area contributed by atoms with Crippen molar-refractivity contribution < 1.29 is 5.11 Å². The zero-order valence-electron chi connectivity index (χ0n) is 5.47. The van der Waals surface area contributed by atoms with E-state index in [2.05, 4.69) is 0 Å². The molecule has 0 atom stereocenters. The maximum atomic E-state index is 9.36. The van der Waals surface area contributed by atoms with E-state index in [0.717, 1.165) is 6.42 Å². The van der Waals surface area contributed by atoms with Gasteiger partial charge in [-0.1, -0.05) is 6.92 Å². The molecule has 0 aliphatic carbocycles. The molecule has 1 N–H and O–H groups in total. The van der Waals surface area contributed by atoms with E-state index in [4.69, 9.17) is 0 Å². The average Bonchev–Trinajstić information content (AvgIpc) is 1.87. The number of rotatable bonds is 3. The molecular formula is C5H12OS2. The van der Waals surface area contributed by atoms with Gasteiger partial charge in [-0.25, -0.2) is 0 Å². The van der Waals surface area contributed by atoms with Gasteiger partial charge >= 0.3 is 0 Å². The van der Waals surface area contributed by atoms with Crippen molar-refractivity contribution in [2.24, 2.45) is 0 Å². The van der Waals surface area contributed by atoms with Crippen molar-refractivity contribution in [1.29, 1.82) is 0 Å². The Morgan fingerprint density at radius 1 is 1.38 bits per heavy atom. The maximum Gasteiger partial charge on any atom is 0.156 e. The Bertz CT molecular complexity index is 53.2. The van der Waals surface area contributed by atoms with Crippen molar-refractivity contribution in [3.8, 4) is 0 Å². The first-order valence-corrected chi connectivity index (χ1v) is 4.96. The lowest BCUT2D eigenvalue weighted by atomic mass is 10.5. The van der Waals surface area contributed by atoms with Gasteiger partial charge in [0.25, 0.3) is 0 Å². The predicted octanol–water partition coefficient (Wildman–Crippen LogP) is 1.77. The van der Waals surface area contributed by atoms with E-state index < -0.39 is 4.27 Å². The van der Waals surface area contributed by atoms with E-state index in [1.165, 1.54) is 23.5 Å². The van der Waals surface area contributed by atoms with Crippen LogP contribution < -0.4 is 0 Å². The summed E-state index contributed by atoms with van der Waals surface area (Å²) in [5, 5.41) is 9.36. The zero-order chi connectivity index (χ0) is 6.62. The van der Waals surface area contributed by atoms with Gasteiger partial charge in [0.15, 0.2) is 4.27 Å². The lowest BCUT2D eigenvalue weighted by Crippen LogP contribution is -2.15. The molecule has 0 spiro atoms. The molecule has 0 rings (SSSR count). The highest BCUT2D eigenvalue weighted by atomic mass is 32.2. The second-order valence-corrected chi connectivity index (χ2v) is 3.90. The quantitative estimate of drug-likeness (QED) is 0.622. The number of thioether (sulfide) groups is 2. The van der Waals surface area contributed by atoms with Gasteiger partial charge in [0, 0.05) is 0 Å². The van der Waals surface area contributed by atoms with Gasteiger partial charge in [-0.2, -0.15) is 0 Å². The molecule has 8 heavy (non-hydrogen) atoms. The Labute approximate surface area is 59.2 Å². The van der Waals surface area contributed by atoms with Crippen LogP contribution in [0.2, 0.25) is 0 Å². The lowest BCUT2D eigenvalue weighted by molar-refractivity contribution is 0.227. The summed E-state index contributed by atoms with van der Waals surface area (Å²) in [7, 11) is 0.